The molecule has 0 radical (unpaired) electrons. The van der Waals surface area contributed by atoms with Gasteiger partial charge in [0.25, 0.3) is 0 Å². The number of nitrogens with zero attached hydrogens (tertiary/aromatic N) is 4. The molecule has 0 saturated carbocycles. The van der Waals surface area contributed by atoms with Gasteiger partial charge in [0.2, 0.25) is 5.91 Å². The van der Waals surface area contributed by atoms with Crippen LogP contribution in [-0.2, 0) is 20.9 Å². The molecule has 0 aliphatic carbocycles. The van der Waals surface area contributed by atoms with Crippen molar-refractivity contribution in [3.63, 3.8) is 0 Å². The Morgan fingerprint density at radius 2 is 2.09 bits per heavy atom. The third kappa shape index (κ3) is 5.17. The first-order valence-electron chi connectivity index (χ1n) is 10.6. The minimum Gasteiger partial charge on any atom is -0.506 e. The van der Waals surface area contributed by atoms with E-state index in [0.29, 0.717) is 31.0 Å². The third-order valence-electron chi connectivity index (χ3n) is 5.66. The predicted molar refractivity (Wildman–Crippen MR) is 129 cm³/mol. The molecule has 0 spiro atoms. The van der Waals surface area contributed by atoms with Gasteiger partial charge >= 0.3 is 0 Å². The zero-order chi connectivity index (χ0) is 24.2. The molecule has 3 N–H and O–H groups in total. The molecule has 1 unspecified atom stereocenters. The molecule has 9 nitrogen and oxygen atoms in total. The van der Waals surface area contributed by atoms with Gasteiger partial charge in [-0.05, 0) is 41.5 Å². The van der Waals surface area contributed by atoms with Gasteiger partial charge < -0.3 is 20.5 Å². The number of benzene rings is 2. The van der Waals surface area contributed by atoms with Crippen LogP contribution < -0.4 is 5.73 Å². The maximum absolute atomic E-state index is 12.8. The Bertz CT molecular complexity index is 1270. The average Bonchev–Trinajstić information content (AvgIpc) is 2.82. The molecule has 4 rings (SSSR count). The van der Waals surface area contributed by atoms with Crippen LogP contribution in [0, 0.1) is 0 Å². The largest absolute Gasteiger partial charge is 0.506 e. The summed E-state index contributed by atoms with van der Waals surface area (Å²) in [6.45, 7) is 1.43. The van der Waals surface area contributed by atoms with E-state index in [1.165, 1.54) is 25.6 Å². The number of hydrogen-bond donors (Lipinski definition) is 2. The molecule has 1 amide bonds. The first-order chi connectivity index (χ1) is 16.4. The van der Waals surface area contributed by atoms with Crippen LogP contribution in [0.5, 0.6) is 5.75 Å². The first-order valence-corrected chi connectivity index (χ1v) is 11.0. The molecule has 1 saturated heterocycles. The highest BCUT2D eigenvalue weighted by Crippen LogP contribution is 2.24. The van der Waals surface area contributed by atoms with Crippen molar-refractivity contribution in [3.05, 3.63) is 65.0 Å². The second kappa shape index (κ2) is 10.2. The van der Waals surface area contributed by atoms with E-state index in [4.69, 9.17) is 22.1 Å². The monoisotopic (exact) mass is 481 g/mol. The highest BCUT2D eigenvalue weighted by molar-refractivity contribution is 6.32. The SMILES string of the molecule is COC(C(=O)/C=C/c1ccc(O)c(Cl)c1)N1CCN(Cc2ccc3c(N)ncnc3c2)C(=O)C1. The summed E-state index contributed by atoms with van der Waals surface area (Å²) < 4.78 is 5.41. The number of phenols is 1. The highest BCUT2D eigenvalue weighted by Gasteiger charge is 2.31. The van der Waals surface area contributed by atoms with Crippen LogP contribution in [0.15, 0.2) is 48.8 Å². The molecule has 1 aliphatic rings. The summed E-state index contributed by atoms with van der Waals surface area (Å²) >= 11 is 5.91. The number of ketones is 1. The van der Waals surface area contributed by atoms with Crippen molar-refractivity contribution in [2.75, 3.05) is 32.5 Å². The Labute approximate surface area is 201 Å². The van der Waals surface area contributed by atoms with E-state index in [2.05, 4.69) is 9.97 Å². The Hall–Kier alpha value is -3.53. The maximum Gasteiger partial charge on any atom is 0.237 e. The number of carbonyl (C=O) groups excluding carboxylic acids is 2. The van der Waals surface area contributed by atoms with Crippen molar-refractivity contribution in [2.24, 2.45) is 0 Å². The van der Waals surface area contributed by atoms with E-state index >= 15 is 0 Å². The number of nitrogens with two attached hydrogens (primary N) is 1. The highest BCUT2D eigenvalue weighted by atomic mass is 35.5. The number of rotatable bonds is 7. The van der Waals surface area contributed by atoms with Crippen LogP contribution in [0.1, 0.15) is 11.1 Å². The van der Waals surface area contributed by atoms with Gasteiger partial charge in [-0.2, -0.15) is 0 Å². The zero-order valence-electron chi connectivity index (χ0n) is 18.5. The standard InChI is InChI=1S/C24H24ClN5O4/c1-34-24(21(32)7-4-15-3-6-20(31)18(25)10-15)30-9-8-29(22(33)13-30)12-16-2-5-17-19(11-16)27-14-28-23(17)26/h2-7,10-11,14,24,31H,8-9,12-13H2,1H3,(H2,26,27,28)/b7-4+. The minimum atomic E-state index is -0.879. The molecule has 0 bridgehead atoms. The van der Waals surface area contributed by atoms with E-state index in [1.807, 2.05) is 18.2 Å². The topological polar surface area (TPSA) is 122 Å². The summed E-state index contributed by atoms with van der Waals surface area (Å²) in [7, 11) is 1.44. The molecule has 1 atom stereocenters. The van der Waals surface area contributed by atoms with Gasteiger partial charge in [0.15, 0.2) is 12.0 Å². The molecule has 176 valence electrons. The smallest absolute Gasteiger partial charge is 0.237 e. The van der Waals surface area contributed by atoms with Gasteiger partial charge in [-0.25, -0.2) is 9.97 Å². The molecule has 2 heterocycles. The number of amides is 1. The molecule has 3 aromatic rings. The number of aromatic hydroxyl groups is 1. The second-order valence-electron chi connectivity index (χ2n) is 7.93. The van der Waals surface area contributed by atoms with Crippen LogP contribution in [0.4, 0.5) is 5.82 Å². The quantitative estimate of drug-likeness (QED) is 0.493. The van der Waals surface area contributed by atoms with E-state index in [-0.39, 0.29) is 29.0 Å². The molecular weight excluding hydrogens is 458 g/mol. The van der Waals surface area contributed by atoms with Gasteiger partial charge in [0.1, 0.15) is 17.9 Å². The zero-order valence-corrected chi connectivity index (χ0v) is 19.3. The van der Waals surface area contributed by atoms with E-state index in [1.54, 1.807) is 28.0 Å². The van der Waals surface area contributed by atoms with Gasteiger partial charge in [-0.1, -0.05) is 29.8 Å². The normalized spacial score (nSPS) is 15.8. The van der Waals surface area contributed by atoms with E-state index < -0.39 is 6.23 Å². The van der Waals surface area contributed by atoms with Crippen LogP contribution in [0.2, 0.25) is 5.02 Å². The minimum absolute atomic E-state index is 0.0302. The van der Waals surface area contributed by atoms with Crippen molar-refractivity contribution in [3.8, 4) is 5.75 Å². The van der Waals surface area contributed by atoms with Crippen molar-refractivity contribution in [1.82, 2.24) is 19.8 Å². The number of fused-ring (bicyclic) bond motifs is 1. The summed E-state index contributed by atoms with van der Waals surface area (Å²) in [4.78, 5) is 37.3. The number of phenolic OH excluding ortho intramolecular Hbond substituents is 1. The van der Waals surface area contributed by atoms with E-state index in [0.717, 1.165) is 16.5 Å². The van der Waals surface area contributed by atoms with Gasteiger partial charge in [0, 0.05) is 32.1 Å². The van der Waals surface area contributed by atoms with Gasteiger partial charge in [-0.15, -0.1) is 0 Å². The van der Waals surface area contributed by atoms with Crippen molar-refractivity contribution in [1.29, 1.82) is 0 Å². The Kier molecular flexibility index (Phi) is 7.06. The van der Waals surface area contributed by atoms with Crippen LogP contribution in [0.3, 0.4) is 0 Å². The maximum atomic E-state index is 12.8. The number of carbonyl (C=O) groups is 2. The predicted octanol–water partition coefficient (Wildman–Crippen LogP) is 2.47. The van der Waals surface area contributed by atoms with Crippen LogP contribution in [-0.4, -0.2) is 69.5 Å². The number of anilines is 1. The van der Waals surface area contributed by atoms with Crippen molar-refractivity contribution in [2.45, 2.75) is 12.8 Å². The molecule has 2 aromatic carbocycles. The summed E-state index contributed by atoms with van der Waals surface area (Å²) in [5, 5.41) is 10.5. The second-order valence-corrected chi connectivity index (χ2v) is 8.34. The molecule has 1 aromatic heterocycles. The molecule has 1 aliphatic heterocycles. The molecule has 10 heteroatoms. The van der Waals surface area contributed by atoms with Crippen LogP contribution >= 0.6 is 11.6 Å². The fraction of sp³-hybridized carbons (Fsp3) is 0.250. The number of halogens is 1. The summed E-state index contributed by atoms with van der Waals surface area (Å²) in [6.07, 6.45) is 3.51. The Morgan fingerprint density at radius 1 is 1.26 bits per heavy atom. The molecule has 1 fully saturated rings. The third-order valence-corrected chi connectivity index (χ3v) is 5.97. The fourth-order valence-corrected chi connectivity index (χ4v) is 4.06. The number of methoxy groups -OCH3 is 1. The number of ether oxygens (including phenoxy) is 1. The van der Waals surface area contributed by atoms with E-state index in [9.17, 15) is 14.7 Å². The number of nitrogen functional groups attached to an aromatic ring is 1. The van der Waals surface area contributed by atoms with Gasteiger partial charge in [0.05, 0.1) is 17.1 Å². The molecular formula is C24H24ClN5O4. The fourth-order valence-electron chi connectivity index (χ4n) is 3.87. The van der Waals surface area contributed by atoms with Crippen molar-refractivity contribution < 1.29 is 19.4 Å². The van der Waals surface area contributed by atoms with Gasteiger partial charge in [-0.3, -0.25) is 14.5 Å². The lowest BCUT2D eigenvalue weighted by atomic mass is 10.1. The number of aromatic nitrogens is 2. The average molecular weight is 482 g/mol. The van der Waals surface area contributed by atoms with Crippen molar-refractivity contribution >= 4 is 46.1 Å². The molecule has 34 heavy (non-hydrogen) atoms. The first kappa shape index (κ1) is 23.6. The summed E-state index contributed by atoms with van der Waals surface area (Å²) in [6, 6.07) is 10.3. The summed E-state index contributed by atoms with van der Waals surface area (Å²) in [5.41, 5.74) is 8.20. The summed E-state index contributed by atoms with van der Waals surface area (Å²) in [5.74, 6) is -0.00565. The number of hydrogen-bond acceptors (Lipinski definition) is 8. The van der Waals surface area contributed by atoms with Crippen LogP contribution in [0.25, 0.3) is 17.0 Å². The number of piperazine rings is 1. The lowest BCUT2D eigenvalue weighted by Crippen LogP contribution is -2.55. The Balaban J connectivity index is 1.39. The lowest BCUT2D eigenvalue weighted by molar-refractivity contribution is -0.149. The Morgan fingerprint density at radius 3 is 2.82 bits per heavy atom. The lowest BCUT2D eigenvalue weighted by Gasteiger charge is -2.37.